The van der Waals surface area contributed by atoms with Crippen molar-refractivity contribution in [3.63, 3.8) is 0 Å². The van der Waals surface area contributed by atoms with Crippen molar-refractivity contribution in [3.8, 4) is 5.75 Å². The summed E-state index contributed by atoms with van der Waals surface area (Å²) < 4.78 is 5.65. The van der Waals surface area contributed by atoms with Gasteiger partial charge in [0.1, 0.15) is 0 Å². The van der Waals surface area contributed by atoms with Crippen LogP contribution in [-0.4, -0.2) is 24.7 Å². The Bertz CT molecular complexity index is 437. The predicted octanol–water partition coefficient (Wildman–Crippen LogP) is 3.24. The minimum Gasteiger partial charge on any atom is -0.480 e. The number of ether oxygens (including phenoxy) is 1. The predicted molar refractivity (Wildman–Crippen MR) is 67.3 cm³/mol. The zero-order valence-corrected chi connectivity index (χ0v) is 10.2. The summed E-state index contributed by atoms with van der Waals surface area (Å²) in [6.45, 7) is 2.47. The first-order valence-corrected chi connectivity index (χ1v) is 5.61. The summed E-state index contributed by atoms with van der Waals surface area (Å²) in [6.07, 6.45) is 1.49. The molecule has 1 aromatic rings. The largest absolute Gasteiger partial charge is 0.480 e. The van der Waals surface area contributed by atoms with Crippen molar-refractivity contribution in [2.75, 3.05) is 6.54 Å². The van der Waals surface area contributed by atoms with Crippen LogP contribution < -0.4 is 4.74 Å². The third-order valence-corrected chi connectivity index (χ3v) is 2.73. The van der Waals surface area contributed by atoms with Crippen molar-refractivity contribution < 1.29 is 4.74 Å². The fourth-order valence-electron chi connectivity index (χ4n) is 1.37. The van der Waals surface area contributed by atoms with Gasteiger partial charge in [-0.3, -0.25) is 4.99 Å². The summed E-state index contributed by atoms with van der Waals surface area (Å²) in [5, 5.41) is 0.976. The van der Waals surface area contributed by atoms with Gasteiger partial charge in [-0.2, -0.15) is 0 Å². The molecule has 1 aromatic carbocycles. The van der Waals surface area contributed by atoms with Gasteiger partial charge in [-0.05, 0) is 19.1 Å². The molecule has 0 amide bonds. The van der Waals surface area contributed by atoms with Crippen LogP contribution in [0.2, 0.25) is 10.0 Å². The first-order valence-electron chi connectivity index (χ1n) is 4.86. The molecule has 0 fully saturated rings. The zero-order valence-electron chi connectivity index (χ0n) is 8.65. The van der Waals surface area contributed by atoms with E-state index < -0.39 is 0 Å². The molecule has 1 heterocycles. The van der Waals surface area contributed by atoms with Crippen molar-refractivity contribution >= 4 is 35.3 Å². The molecule has 16 heavy (non-hydrogen) atoms. The number of hydrogen-bond donors (Lipinski definition) is 0. The summed E-state index contributed by atoms with van der Waals surface area (Å²) in [5.74, 6) is 1.14. The molecule has 0 saturated carbocycles. The maximum absolute atomic E-state index is 5.99. The summed E-state index contributed by atoms with van der Waals surface area (Å²) in [5.41, 5.74) is 0. The standard InChI is InChI=1S/C11H10Cl2N2O/c1-7(11-14-5-6-15-11)16-10-8(12)3-2-4-9(10)13/h2-5,7H,6H2,1H3. The molecule has 1 aliphatic heterocycles. The van der Waals surface area contributed by atoms with Crippen LogP contribution in [0.1, 0.15) is 6.92 Å². The second-order valence-electron chi connectivity index (χ2n) is 3.32. The Morgan fingerprint density at radius 3 is 2.56 bits per heavy atom. The van der Waals surface area contributed by atoms with Gasteiger partial charge in [0.05, 0.1) is 16.6 Å². The maximum atomic E-state index is 5.99. The number of halogens is 2. The van der Waals surface area contributed by atoms with Crippen LogP contribution in [0.15, 0.2) is 28.2 Å². The number of nitrogens with zero attached hydrogens (tertiary/aromatic N) is 2. The Morgan fingerprint density at radius 1 is 1.31 bits per heavy atom. The molecule has 84 valence electrons. The van der Waals surface area contributed by atoms with Gasteiger partial charge in [0.15, 0.2) is 17.7 Å². The average molecular weight is 257 g/mol. The minimum atomic E-state index is -0.254. The number of aliphatic imine (C=N–C) groups is 2. The van der Waals surface area contributed by atoms with Crippen LogP contribution in [0.4, 0.5) is 0 Å². The third kappa shape index (κ3) is 2.36. The zero-order chi connectivity index (χ0) is 11.5. The normalized spacial score (nSPS) is 16.1. The third-order valence-electron chi connectivity index (χ3n) is 2.14. The molecular formula is C11H10Cl2N2O. The Hall–Kier alpha value is -1.06. The Labute approximate surface area is 104 Å². The van der Waals surface area contributed by atoms with Gasteiger partial charge in [0.2, 0.25) is 0 Å². The SMILES string of the molecule is CC(Oc1c(Cl)cccc1Cl)C1=NCC=N1. The first kappa shape index (κ1) is 11.4. The molecule has 3 nitrogen and oxygen atoms in total. The molecule has 1 atom stereocenters. The fourth-order valence-corrected chi connectivity index (χ4v) is 1.85. The van der Waals surface area contributed by atoms with Gasteiger partial charge < -0.3 is 4.74 Å². The van der Waals surface area contributed by atoms with Crippen molar-refractivity contribution in [1.82, 2.24) is 0 Å². The molecule has 0 aromatic heterocycles. The molecule has 0 radical (unpaired) electrons. The monoisotopic (exact) mass is 256 g/mol. The van der Waals surface area contributed by atoms with Crippen LogP contribution in [0, 0.1) is 0 Å². The summed E-state index contributed by atoms with van der Waals surface area (Å²) in [7, 11) is 0. The Kier molecular flexibility index (Phi) is 3.46. The van der Waals surface area contributed by atoms with E-state index in [-0.39, 0.29) is 6.10 Å². The summed E-state index contributed by atoms with van der Waals surface area (Å²) in [4.78, 5) is 8.28. The number of rotatable bonds is 3. The second-order valence-corrected chi connectivity index (χ2v) is 4.14. The molecule has 1 unspecified atom stereocenters. The molecule has 2 rings (SSSR count). The van der Waals surface area contributed by atoms with Gasteiger partial charge >= 0.3 is 0 Å². The van der Waals surface area contributed by atoms with E-state index in [0.29, 0.717) is 28.2 Å². The molecule has 5 heteroatoms. The quantitative estimate of drug-likeness (QED) is 0.818. The van der Waals surface area contributed by atoms with E-state index in [9.17, 15) is 0 Å². The summed E-state index contributed by atoms with van der Waals surface area (Å²) >= 11 is 12.0. The number of amidine groups is 1. The van der Waals surface area contributed by atoms with E-state index in [0.717, 1.165) is 0 Å². The Morgan fingerprint density at radius 2 is 2.00 bits per heavy atom. The van der Waals surface area contributed by atoms with Crippen molar-refractivity contribution in [3.05, 3.63) is 28.2 Å². The van der Waals surface area contributed by atoms with Gasteiger partial charge in [-0.25, -0.2) is 4.99 Å². The minimum absolute atomic E-state index is 0.254. The lowest BCUT2D eigenvalue weighted by Gasteiger charge is -2.15. The molecule has 0 bridgehead atoms. The van der Waals surface area contributed by atoms with Crippen molar-refractivity contribution in [2.24, 2.45) is 9.98 Å². The van der Waals surface area contributed by atoms with Crippen LogP contribution in [0.3, 0.4) is 0 Å². The van der Waals surface area contributed by atoms with E-state index in [1.54, 1.807) is 24.4 Å². The number of hydrogen-bond acceptors (Lipinski definition) is 3. The van der Waals surface area contributed by atoms with Crippen LogP contribution in [0.5, 0.6) is 5.75 Å². The van der Waals surface area contributed by atoms with Crippen molar-refractivity contribution in [2.45, 2.75) is 13.0 Å². The lowest BCUT2D eigenvalue weighted by molar-refractivity contribution is 0.286. The molecular weight excluding hydrogens is 247 g/mol. The molecule has 0 N–H and O–H groups in total. The van der Waals surface area contributed by atoms with E-state index >= 15 is 0 Å². The van der Waals surface area contributed by atoms with Crippen LogP contribution in [0.25, 0.3) is 0 Å². The maximum Gasteiger partial charge on any atom is 0.164 e. The molecule has 1 aliphatic rings. The van der Waals surface area contributed by atoms with Crippen LogP contribution in [-0.2, 0) is 0 Å². The van der Waals surface area contributed by atoms with E-state index in [2.05, 4.69) is 9.98 Å². The van der Waals surface area contributed by atoms with Crippen LogP contribution >= 0.6 is 23.2 Å². The van der Waals surface area contributed by atoms with Gasteiger partial charge in [-0.1, -0.05) is 29.3 Å². The highest BCUT2D eigenvalue weighted by Gasteiger charge is 2.16. The van der Waals surface area contributed by atoms with E-state index in [1.807, 2.05) is 6.92 Å². The lowest BCUT2D eigenvalue weighted by atomic mass is 10.3. The molecule has 0 aliphatic carbocycles. The molecule has 0 saturated heterocycles. The second kappa shape index (κ2) is 4.85. The van der Waals surface area contributed by atoms with E-state index in [1.165, 1.54) is 0 Å². The highest BCUT2D eigenvalue weighted by Crippen LogP contribution is 2.33. The highest BCUT2D eigenvalue weighted by molar-refractivity contribution is 6.37. The smallest absolute Gasteiger partial charge is 0.164 e. The first-order chi connectivity index (χ1) is 7.68. The fraction of sp³-hybridized carbons (Fsp3) is 0.273. The topological polar surface area (TPSA) is 34.0 Å². The van der Waals surface area contributed by atoms with Gasteiger partial charge in [-0.15, -0.1) is 0 Å². The number of benzene rings is 1. The molecule has 0 spiro atoms. The van der Waals surface area contributed by atoms with Gasteiger partial charge in [0, 0.05) is 6.21 Å². The number of para-hydroxylation sites is 1. The highest BCUT2D eigenvalue weighted by atomic mass is 35.5. The Balaban J connectivity index is 2.17. The average Bonchev–Trinajstić information content (AvgIpc) is 2.76. The van der Waals surface area contributed by atoms with E-state index in [4.69, 9.17) is 27.9 Å². The summed E-state index contributed by atoms with van der Waals surface area (Å²) in [6, 6.07) is 5.23. The van der Waals surface area contributed by atoms with Crippen molar-refractivity contribution in [1.29, 1.82) is 0 Å². The van der Waals surface area contributed by atoms with Gasteiger partial charge in [0.25, 0.3) is 0 Å². The lowest BCUT2D eigenvalue weighted by Crippen LogP contribution is -2.21.